The summed E-state index contributed by atoms with van der Waals surface area (Å²) in [5.41, 5.74) is 2.42. The van der Waals surface area contributed by atoms with E-state index >= 15 is 0 Å². The van der Waals surface area contributed by atoms with Gasteiger partial charge in [-0.1, -0.05) is 48.5 Å². The monoisotopic (exact) mass is 251 g/mol. The van der Waals surface area contributed by atoms with Gasteiger partial charge in [-0.3, -0.25) is 4.79 Å². The van der Waals surface area contributed by atoms with Gasteiger partial charge in [-0.05, 0) is 17.7 Å². The maximum Gasteiger partial charge on any atom is 0.137 e. The Kier molecular flexibility index (Phi) is 3.32. The summed E-state index contributed by atoms with van der Waals surface area (Å²) in [5, 5.41) is 0. The summed E-state index contributed by atoms with van der Waals surface area (Å²) >= 11 is 0. The van der Waals surface area contributed by atoms with Gasteiger partial charge in [0.2, 0.25) is 0 Å². The topological polar surface area (TPSA) is 20.3 Å². The molecule has 0 aromatic heterocycles. The summed E-state index contributed by atoms with van der Waals surface area (Å²) in [6, 6.07) is 20.8. The van der Waals surface area contributed by atoms with Crippen molar-refractivity contribution < 1.29 is 4.79 Å². The van der Waals surface area contributed by atoms with E-state index in [4.69, 9.17) is 0 Å². The number of hydrogen-bond donors (Lipinski definition) is 0. The van der Waals surface area contributed by atoms with Gasteiger partial charge in [0.25, 0.3) is 0 Å². The lowest BCUT2D eigenvalue weighted by atomic mass is 9.94. The van der Waals surface area contributed by atoms with Crippen LogP contribution in [0, 0.1) is 0 Å². The summed E-state index contributed by atoms with van der Waals surface area (Å²) in [6.45, 7) is 0.808. The number of carbonyl (C=O) groups excluding carboxylic acids is 1. The molecule has 19 heavy (non-hydrogen) atoms. The molecule has 0 N–H and O–H groups in total. The highest BCUT2D eigenvalue weighted by atomic mass is 16.1. The Morgan fingerprint density at radius 3 is 2.21 bits per heavy atom. The van der Waals surface area contributed by atoms with E-state index < -0.39 is 0 Å². The van der Waals surface area contributed by atoms with Crippen LogP contribution in [-0.2, 0) is 4.79 Å². The molecule has 1 aliphatic heterocycles. The van der Waals surface area contributed by atoms with Crippen molar-refractivity contribution in [1.82, 2.24) is 0 Å². The van der Waals surface area contributed by atoms with Crippen LogP contribution >= 0.6 is 0 Å². The van der Waals surface area contributed by atoms with Crippen molar-refractivity contribution in [2.75, 3.05) is 11.4 Å². The molecule has 0 saturated carbocycles. The second-order valence-corrected chi connectivity index (χ2v) is 4.95. The number of anilines is 1. The summed E-state index contributed by atoms with van der Waals surface area (Å²) in [7, 11) is 0. The summed E-state index contributed by atoms with van der Waals surface area (Å²) in [4.78, 5) is 14.1. The molecule has 2 aromatic rings. The number of benzene rings is 2. The minimum atomic E-state index is 0.171. The molecule has 2 heteroatoms. The van der Waals surface area contributed by atoms with Crippen LogP contribution in [0.2, 0.25) is 0 Å². The van der Waals surface area contributed by atoms with E-state index in [0.29, 0.717) is 18.6 Å². The van der Waals surface area contributed by atoms with Crippen molar-refractivity contribution in [3.05, 3.63) is 66.2 Å². The Balaban J connectivity index is 1.95. The Labute approximate surface area is 113 Å². The van der Waals surface area contributed by atoms with Crippen LogP contribution in [-0.4, -0.2) is 12.3 Å². The van der Waals surface area contributed by atoms with Crippen LogP contribution in [0.25, 0.3) is 0 Å². The minimum absolute atomic E-state index is 0.171. The Bertz CT molecular complexity index is 550. The summed E-state index contributed by atoms with van der Waals surface area (Å²) in [5.74, 6) is 0.362. The van der Waals surface area contributed by atoms with Crippen LogP contribution in [0.4, 0.5) is 5.69 Å². The van der Waals surface area contributed by atoms with Crippen LogP contribution < -0.4 is 4.90 Å². The number of nitrogens with zero attached hydrogens (tertiary/aromatic N) is 1. The average Bonchev–Trinajstić information content (AvgIpc) is 2.49. The molecule has 1 saturated heterocycles. The van der Waals surface area contributed by atoms with E-state index in [1.165, 1.54) is 11.3 Å². The van der Waals surface area contributed by atoms with Gasteiger partial charge in [-0.25, -0.2) is 0 Å². The second-order valence-electron chi connectivity index (χ2n) is 4.95. The highest BCUT2D eigenvalue weighted by Crippen LogP contribution is 2.33. The number of Topliss-reactive ketones (excluding diaryl/α,β-unsaturated/α-hetero) is 1. The lowest BCUT2D eigenvalue weighted by Crippen LogP contribution is -2.37. The van der Waals surface area contributed by atoms with Gasteiger partial charge in [0.15, 0.2) is 0 Å². The smallest absolute Gasteiger partial charge is 0.137 e. The molecule has 1 fully saturated rings. The van der Waals surface area contributed by atoms with Crippen molar-refractivity contribution in [3.8, 4) is 0 Å². The predicted molar refractivity (Wildman–Crippen MR) is 77.2 cm³/mol. The number of piperidine rings is 1. The second kappa shape index (κ2) is 5.27. The molecular weight excluding hydrogens is 234 g/mol. The number of para-hydroxylation sites is 1. The molecule has 0 amide bonds. The summed E-state index contributed by atoms with van der Waals surface area (Å²) < 4.78 is 0. The van der Waals surface area contributed by atoms with Crippen molar-refractivity contribution in [2.24, 2.45) is 0 Å². The van der Waals surface area contributed by atoms with Crippen LogP contribution in [0.3, 0.4) is 0 Å². The third kappa shape index (κ3) is 2.53. The van der Waals surface area contributed by atoms with E-state index in [2.05, 4.69) is 29.2 Å². The van der Waals surface area contributed by atoms with Gasteiger partial charge in [0.05, 0.1) is 6.04 Å². The van der Waals surface area contributed by atoms with E-state index in [-0.39, 0.29) is 6.04 Å². The van der Waals surface area contributed by atoms with E-state index in [0.717, 1.165) is 6.54 Å². The lowest BCUT2D eigenvalue weighted by Gasteiger charge is -2.37. The largest absolute Gasteiger partial charge is 0.364 e. The predicted octanol–water partition coefficient (Wildman–Crippen LogP) is 3.60. The maximum atomic E-state index is 11.8. The number of hydrogen-bond acceptors (Lipinski definition) is 2. The third-order valence-electron chi connectivity index (χ3n) is 3.70. The maximum absolute atomic E-state index is 11.8. The molecule has 1 aliphatic rings. The number of rotatable bonds is 2. The molecule has 1 unspecified atom stereocenters. The average molecular weight is 251 g/mol. The highest BCUT2D eigenvalue weighted by Gasteiger charge is 2.28. The lowest BCUT2D eigenvalue weighted by molar-refractivity contribution is -0.120. The molecule has 3 rings (SSSR count). The molecule has 96 valence electrons. The van der Waals surface area contributed by atoms with Crippen molar-refractivity contribution in [2.45, 2.75) is 18.9 Å². The molecule has 2 aromatic carbocycles. The molecule has 0 spiro atoms. The van der Waals surface area contributed by atoms with E-state index in [9.17, 15) is 4.79 Å². The zero-order valence-corrected chi connectivity index (χ0v) is 10.8. The fraction of sp³-hybridized carbons (Fsp3) is 0.235. The van der Waals surface area contributed by atoms with Gasteiger partial charge >= 0.3 is 0 Å². The minimum Gasteiger partial charge on any atom is -0.364 e. The van der Waals surface area contributed by atoms with Crippen LogP contribution in [0.5, 0.6) is 0 Å². The first-order valence-corrected chi connectivity index (χ1v) is 6.73. The Morgan fingerprint density at radius 2 is 1.53 bits per heavy atom. The van der Waals surface area contributed by atoms with Gasteiger partial charge in [-0.15, -0.1) is 0 Å². The Hall–Kier alpha value is -2.09. The molecule has 0 bridgehead atoms. The van der Waals surface area contributed by atoms with E-state index in [1.54, 1.807) is 0 Å². The van der Waals surface area contributed by atoms with Gasteiger partial charge in [0, 0.05) is 25.1 Å². The Morgan fingerprint density at radius 1 is 0.895 bits per heavy atom. The number of ketones is 1. The molecule has 1 atom stereocenters. The zero-order chi connectivity index (χ0) is 13.1. The quantitative estimate of drug-likeness (QED) is 0.813. The normalized spacial score (nSPS) is 19.5. The number of carbonyl (C=O) groups is 1. The molecule has 0 radical (unpaired) electrons. The van der Waals surface area contributed by atoms with Gasteiger partial charge < -0.3 is 4.90 Å². The molecule has 0 aliphatic carbocycles. The van der Waals surface area contributed by atoms with Crippen LogP contribution in [0.15, 0.2) is 60.7 Å². The van der Waals surface area contributed by atoms with Gasteiger partial charge in [0.1, 0.15) is 5.78 Å². The van der Waals surface area contributed by atoms with Crippen molar-refractivity contribution >= 4 is 11.5 Å². The SMILES string of the molecule is O=C1CCN(c2ccccc2)C(c2ccccc2)C1. The highest BCUT2D eigenvalue weighted by molar-refractivity contribution is 5.82. The fourth-order valence-electron chi connectivity index (χ4n) is 2.73. The molecule has 1 heterocycles. The zero-order valence-electron chi connectivity index (χ0n) is 10.8. The van der Waals surface area contributed by atoms with E-state index in [1.807, 2.05) is 36.4 Å². The fourth-order valence-corrected chi connectivity index (χ4v) is 2.73. The van der Waals surface area contributed by atoms with Crippen molar-refractivity contribution in [3.63, 3.8) is 0 Å². The molecular formula is C17H17NO. The summed E-state index contributed by atoms with van der Waals surface area (Å²) in [6.07, 6.45) is 1.26. The first-order valence-electron chi connectivity index (χ1n) is 6.73. The standard InChI is InChI=1S/C17H17NO/c19-16-11-12-18(15-9-5-2-6-10-15)17(13-16)14-7-3-1-4-8-14/h1-10,17H,11-13H2. The van der Waals surface area contributed by atoms with Gasteiger partial charge in [-0.2, -0.15) is 0 Å². The third-order valence-corrected chi connectivity index (χ3v) is 3.70. The van der Waals surface area contributed by atoms with Crippen molar-refractivity contribution in [1.29, 1.82) is 0 Å². The molecule has 2 nitrogen and oxygen atoms in total. The van der Waals surface area contributed by atoms with Crippen LogP contribution in [0.1, 0.15) is 24.4 Å². The first-order chi connectivity index (χ1) is 9.34. The first kappa shape index (κ1) is 12.0.